The van der Waals surface area contributed by atoms with Gasteiger partial charge in [-0.2, -0.15) is 0 Å². The van der Waals surface area contributed by atoms with Crippen LogP contribution in [-0.4, -0.2) is 31.4 Å². The number of amides is 2. The van der Waals surface area contributed by atoms with Crippen molar-refractivity contribution in [1.29, 1.82) is 0 Å². The molecular formula is C16H23BrClN3O2. The van der Waals surface area contributed by atoms with Crippen molar-refractivity contribution in [1.82, 2.24) is 10.6 Å². The Bertz CT molecular complexity index is 564. The van der Waals surface area contributed by atoms with Crippen LogP contribution in [0.15, 0.2) is 22.7 Å². The average molecular weight is 405 g/mol. The lowest BCUT2D eigenvalue weighted by Crippen LogP contribution is -2.49. The van der Waals surface area contributed by atoms with Crippen LogP contribution in [0.1, 0.15) is 18.9 Å². The molecule has 1 saturated heterocycles. The third-order valence-corrected chi connectivity index (χ3v) is 4.54. The normalized spacial score (nSPS) is 15.1. The molecule has 1 aliphatic rings. The van der Waals surface area contributed by atoms with Crippen LogP contribution in [0, 0.1) is 18.8 Å². The van der Waals surface area contributed by atoms with Gasteiger partial charge in [-0.05, 0) is 49.7 Å². The largest absolute Gasteiger partial charge is 0.355 e. The van der Waals surface area contributed by atoms with E-state index in [9.17, 15) is 9.59 Å². The van der Waals surface area contributed by atoms with Gasteiger partial charge < -0.3 is 16.0 Å². The molecule has 0 spiro atoms. The summed E-state index contributed by atoms with van der Waals surface area (Å²) in [5.74, 6) is 0.347. The van der Waals surface area contributed by atoms with E-state index >= 15 is 0 Å². The molecule has 23 heavy (non-hydrogen) atoms. The zero-order valence-electron chi connectivity index (χ0n) is 13.3. The third-order valence-electron chi connectivity index (χ3n) is 4.05. The molecule has 1 fully saturated rings. The number of rotatable bonds is 6. The van der Waals surface area contributed by atoms with Crippen molar-refractivity contribution in [2.45, 2.75) is 20.3 Å². The summed E-state index contributed by atoms with van der Waals surface area (Å²) in [6.45, 7) is 6.04. The van der Waals surface area contributed by atoms with Crippen molar-refractivity contribution in [3.05, 3.63) is 28.2 Å². The van der Waals surface area contributed by atoms with E-state index in [-0.39, 0.29) is 36.6 Å². The van der Waals surface area contributed by atoms with Gasteiger partial charge in [0.15, 0.2) is 0 Å². The number of carbonyl (C=O) groups is 2. The number of hydrogen-bond donors (Lipinski definition) is 3. The predicted molar refractivity (Wildman–Crippen MR) is 97.9 cm³/mol. The van der Waals surface area contributed by atoms with E-state index in [0.29, 0.717) is 12.5 Å². The number of aryl methyl sites for hydroxylation is 1. The molecule has 2 rings (SSSR count). The molecule has 1 unspecified atom stereocenters. The van der Waals surface area contributed by atoms with Crippen LogP contribution in [-0.2, 0) is 9.59 Å². The Kier molecular flexibility index (Phi) is 8.02. The molecule has 0 bridgehead atoms. The van der Waals surface area contributed by atoms with E-state index in [1.54, 1.807) is 0 Å². The average Bonchev–Trinajstić information content (AvgIpc) is 2.40. The fourth-order valence-electron chi connectivity index (χ4n) is 2.32. The van der Waals surface area contributed by atoms with Gasteiger partial charge in [0.1, 0.15) is 0 Å². The first-order valence-electron chi connectivity index (χ1n) is 7.52. The van der Waals surface area contributed by atoms with E-state index in [4.69, 9.17) is 0 Å². The zero-order chi connectivity index (χ0) is 16.1. The maximum atomic E-state index is 11.9. The van der Waals surface area contributed by atoms with E-state index in [1.807, 2.05) is 32.0 Å². The van der Waals surface area contributed by atoms with Crippen LogP contribution in [0.5, 0.6) is 0 Å². The molecule has 128 valence electrons. The van der Waals surface area contributed by atoms with Crippen LogP contribution >= 0.6 is 28.3 Å². The first kappa shape index (κ1) is 19.9. The number of hydrogen-bond acceptors (Lipinski definition) is 3. The fraction of sp³-hybridized carbons (Fsp3) is 0.500. The number of nitrogens with one attached hydrogen (secondary N) is 3. The van der Waals surface area contributed by atoms with Gasteiger partial charge in [-0.25, -0.2) is 0 Å². The van der Waals surface area contributed by atoms with Crippen LogP contribution in [0.3, 0.4) is 0 Å². The standard InChI is InChI=1S/C16H22BrN3O2.ClH/c1-10-7-13(17)3-4-14(10)20-15(21)5-6-19-16(22)11(2)12-8-18-9-12;/h3-4,7,11-12,18H,5-6,8-9H2,1-2H3,(H,19,22)(H,20,21);1H. The second-order valence-corrected chi connectivity index (χ2v) is 6.67. The van der Waals surface area contributed by atoms with Gasteiger partial charge in [0, 0.05) is 29.0 Å². The van der Waals surface area contributed by atoms with Gasteiger partial charge in [-0.15, -0.1) is 12.4 Å². The Morgan fingerprint density at radius 2 is 2.09 bits per heavy atom. The number of benzene rings is 1. The van der Waals surface area contributed by atoms with Crippen molar-refractivity contribution in [2.24, 2.45) is 11.8 Å². The maximum absolute atomic E-state index is 11.9. The molecule has 7 heteroatoms. The Morgan fingerprint density at radius 3 is 2.65 bits per heavy atom. The molecule has 0 aliphatic carbocycles. The molecule has 2 amide bonds. The highest BCUT2D eigenvalue weighted by molar-refractivity contribution is 9.10. The summed E-state index contributed by atoms with van der Waals surface area (Å²) in [5.41, 5.74) is 1.80. The molecule has 0 radical (unpaired) electrons. The van der Waals surface area contributed by atoms with Crippen LogP contribution in [0.25, 0.3) is 0 Å². The number of carbonyl (C=O) groups excluding carboxylic acids is 2. The van der Waals surface area contributed by atoms with E-state index in [2.05, 4.69) is 31.9 Å². The highest BCUT2D eigenvalue weighted by atomic mass is 79.9. The van der Waals surface area contributed by atoms with Gasteiger partial charge in [0.2, 0.25) is 11.8 Å². The van der Waals surface area contributed by atoms with Gasteiger partial charge in [0.05, 0.1) is 0 Å². The molecule has 0 saturated carbocycles. The van der Waals surface area contributed by atoms with E-state index in [0.717, 1.165) is 28.8 Å². The Morgan fingerprint density at radius 1 is 1.39 bits per heavy atom. The summed E-state index contributed by atoms with van der Waals surface area (Å²) in [7, 11) is 0. The zero-order valence-corrected chi connectivity index (χ0v) is 15.7. The highest BCUT2D eigenvalue weighted by Crippen LogP contribution is 2.20. The lowest BCUT2D eigenvalue weighted by Gasteiger charge is -2.31. The maximum Gasteiger partial charge on any atom is 0.226 e. The van der Waals surface area contributed by atoms with E-state index in [1.165, 1.54) is 0 Å². The summed E-state index contributed by atoms with van der Waals surface area (Å²) in [5, 5.41) is 8.86. The van der Waals surface area contributed by atoms with Gasteiger partial charge in [0.25, 0.3) is 0 Å². The molecular weight excluding hydrogens is 382 g/mol. The second kappa shape index (κ2) is 9.25. The number of halogens is 2. The summed E-state index contributed by atoms with van der Waals surface area (Å²) in [6, 6.07) is 5.70. The second-order valence-electron chi connectivity index (χ2n) is 5.76. The molecule has 5 nitrogen and oxygen atoms in total. The number of anilines is 1. The highest BCUT2D eigenvalue weighted by Gasteiger charge is 2.28. The minimum Gasteiger partial charge on any atom is -0.355 e. The first-order valence-corrected chi connectivity index (χ1v) is 8.31. The summed E-state index contributed by atoms with van der Waals surface area (Å²) < 4.78 is 0.981. The molecule has 0 aromatic heterocycles. The molecule has 1 atom stereocenters. The minimum absolute atomic E-state index is 0. The monoisotopic (exact) mass is 403 g/mol. The lowest BCUT2D eigenvalue weighted by molar-refractivity contribution is -0.126. The van der Waals surface area contributed by atoms with Gasteiger partial charge in [-0.3, -0.25) is 9.59 Å². The van der Waals surface area contributed by atoms with Crippen LogP contribution in [0.2, 0.25) is 0 Å². The quantitative estimate of drug-likeness (QED) is 0.682. The first-order chi connectivity index (χ1) is 10.5. The lowest BCUT2D eigenvalue weighted by atomic mass is 9.88. The Balaban J connectivity index is 0.00000264. The Hall–Kier alpha value is -1.11. The van der Waals surface area contributed by atoms with Crippen LogP contribution in [0.4, 0.5) is 5.69 Å². The van der Waals surface area contributed by atoms with Gasteiger partial charge in [-0.1, -0.05) is 22.9 Å². The summed E-state index contributed by atoms with van der Waals surface area (Å²) in [6.07, 6.45) is 0.275. The van der Waals surface area contributed by atoms with Crippen molar-refractivity contribution in [3.63, 3.8) is 0 Å². The molecule has 1 heterocycles. The predicted octanol–water partition coefficient (Wildman–Crippen LogP) is 2.48. The Labute approximate surface area is 151 Å². The van der Waals surface area contributed by atoms with Crippen molar-refractivity contribution in [3.8, 4) is 0 Å². The topological polar surface area (TPSA) is 70.2 Å². The molecule has 1 aromatic carbocycles. The summed E-state index contributed by atoms with van der Waals surface area (Å²) in [4.78, 5) is 23.9. The molecule has 3 N–H and O–H groups in total. The van der Waals surface area contributed by atoms with Crippen molar-refractivity contribution in [2.75, 3.05) is 25.0 Å². The van der Waals surface area contributed by atoms with Crippen molar-refractivity contribution >= 4 is 45.8 Å². The minimum atomic E-state index is -0.0938. The van der Waals surface area contributed by atoms with E-state index < -0.39 is 0 Å². The van der Waals surface area contributed by atoms with Crippen LogP contribution < -0.4 is 16.0 Å². The van der Waals surface area contributed by atoms with Crippen molar-refractivity contribution < 1.29 is 9.59 Å². The molecule has 1 aromatic rings. The third kappa shape index (κ3) is 5.79. The summed E-state index contributed by atoms with van der Waals surface area (Å²) >= 11 is 3.39. The smallest absolute Gasteiger partial charge is 0.226 e. The SMILES string of the molecule is Cc1cc(Br)ccc1NC(=O)CCNC(=O)C(C)C1CNC1.Cl. The molecule has 1 aliphatic heterocycles. The fourth-order valence-corrected chi connectivity index (χ4v) is 2.79. The van der Waals surface area contributed by atoms with Gasteiger partial charge >= 0.3 is 0 Å².